The highest BCUT2D eigenvalue weighted by Gasteiger charge is 2.57. The summed E-state index contributed by atoms with van der Waals surface area (Å²) in [7, 11) is -3.93. The van der Waals surface area contributed by atoms with Gasteiger partial charge in [-0.15, -0.1) is 13.2 Å². The topological polar surface area (TPSA) is 118 Å². The van der Waals surface area contributed by atoms with Crippen LogP contribution < -0.4 is 14.8 Å². The summed E-state index contributed by atoms with van der Waals surface area (Å²) in [6.07, 6.45) is -3.21. The van der Waals surface area contributed by atoms with Gasteiger partial charge in [0.05, 0.1) is 23.7 Å². The molecule has 4 aromatic rings. The number of halogens is 3. The van der Waals surface area contributed by atoms with Crippen LogP contribution in [0.2, 0.25) is 0 Å². The lowest BCUT2D eigenvalue weighted by atomic mass is 10.1. The fraction of sp³-hybridized carbons (Fsp3) is 0.286. The van der Waals surface area contributed by atoms with Crippen molar-refractivity contribution < 1.29 is 40.7 Å². The van der Waals surface area contributed by atoms with Crippen LogP contribution in [0.1, 0.15) is 38.9 Å². The number of rotatable bonds is 12. The van der Waals surface area contributed by atoms with E-state index in [1.165, 1.54) is 28.6 Å². The molecule has 2 aliphatic rings. The number of likely N-dealkylation sites (tertiary alicyclic amines) is 1. The SMILES string of the molecule is CCOc1ccc(S(=O)(=O)N(Cc2ccc(C(=O)N[C@H]3[C@@H]4CN(C(=O)c5ccc(OC(F)(F)F)cc5)C[C@@H]43)cc2)Cc2ccccn2)cc1. The van der Waals surface area contributed by atoms with Gasteiger partial charge in [-0.2, -0.15) is 4.31 Å². The van der Waals surface area contributed by atoms with Gasteiger partial charge in [-0.1, -0.05) is 18.2 Å². The number of benzene rings is 3. The van der Waals surface area contributed by atoms with Crippen molar-refractivity contribution in [2.24, 2.45) is 11.8 Å². The first-order valence-corrected chi connectivity index (χ1v) is 17.0. The van der Waals surface area contributed by atoms with Gasteiger partial charge in [0.1, 0.15) is 11.5 Å². The standard InChI is InChI=1S/C35H33F3N4O6S/c1-2-47-27-14-16-29(17-15-27)49(45,46)42(20-26-5-3-4-18-39-26)19-23-6-8-24(9-7-23)33(43)40-32-30-21-41(22-31(30)32)34(44)25-10-12-28(13-11-25)48-35(36,37)38/h3-18,30-32H,2,19-22H2,1H3,(H,40,43)/t30-,31+,32+. The number of amides is 2. The quantitative estimate of drug-likeness (QED) is 0.215. The van der Waals surface area contributed by atoms with E-state index in [1.54, 1.807) is 65.7 Å². The molecule has 256 valence electrons. The van der Waals surface area contributed by atoms with E-state index in [0.717, 1.165) is 12.1 Å². The molecule has 2 amide bonds. The zero-order chi connectivity index (χ0) is 34.8. The molecule has 2 heterocycles. The van der Waals surface area contributed by atoms with Gasteiger partial charge in [-0.05, 0) is 85.3 Å². The number of fused-ring (bicyclic) bond motifs is 1. The number of carbonyl (C=O) groups excluding carboxylic acids is 2. The van der Waals surface area contributed by atoms with Gasteiger partial charge in [0.25, 0.3) is 11.8 Å². The van der Waals surface area contributed by atoms with Gasteiger partial charge in [0.15, 0.2) is 0 Å². The number of carbonyl (C=O) groups is 2. The summed E-state index contributed by atoms with van der Waals surface area (Å²) < 4.78 is 75.4. The molecule has 0 spiro atoms. The average Bonchev–Trinajstić information content (AvgIpc) is 3.50. The van der Waals surface area contributed by atoms with Crippen molar-refractivity contribution in [2.45, 2.75) is 37.3 Å². The van der Waals surface area contributed by atoms with E-state index in [0.29, 0.717) is 42.3 Å². The van der Waals surface area contributed by atoms with Gasteiger partial charge in [0, 0.05) is 54.8 Å². The Labute approximate surface area is 281 Å². The van der Waals surface area contributed by atoms with Crippen LogP contribution in [-0.4, -0.2) is 66.5 Å². The van der Waals surface area contributed by atoms with Crippen molar-refractivity contribution in [3.63, 3.8) is 0 Å². The van der Waals surface area contributed by atoms with Gasteiger partial charge in [-0.3, -0.25) is 14.6 Å². The van der Waals surface area contributed by atoms with Crippen LogP contribution in [0.25, 0.3) is 0 Å². The Bertz CT molecular complexity index is 1880. The molecule has 1 saturated heterocycles. The molecule has 49 heavy (non-hydrogen) atoms. The summed E-state index contributed by atoms with van der Waals surface area (Å²) in [5, 5.41) is 3.03. The molecule has 14 heteroatoms. The third-order valence-corrected chi connectivity index (χ3v) is 10.3. The lowest BCUT2D eigenvalue weighted by Crippen LogP contribution is -2.37. The first-order chi connectivity index (χ1) is 23.4. The Kier molecular flexibility index (Phi) is 9.61. The minimum atomic E-state index is -4.81. The summed E-state index contributed by atoms with van der Waals surface area (Å²) in [6.45, 7) is 3.23. The summed E-state index contributed by atoms with van der Waals surface area (Å²) >= 11 is 0. The van der Waals surface area contributed by atoms with Crippen LogP contribution in [0, 0.1) is 11.8 Å². The normalized spacial score (nSPS) is 18.6. The Morgan fingerprint density at radius 3 is 2.10 bits per heavy atom. The second-order valence-electron chi connectivity index (χ2n) is 11.8. The molecular formula is C35H33F3N4O6S. The summed E-state index contributed by atoms with van der Waals surface area (Å²) in [5.74, 6) is -0.260. The second-order valence-corrected chi connectivity index (χ2v) is 13.7. The van der Waals surface area contributed by atoms with E-state index in [-0.39, 0.29) is 53.2 Å². The van der Waals surface area contributed by atoms with E-state index < -0.39 is 22.1 Å². The summed E-state index contributed by atoms with van der Waals surface area (Å²) in [6, 6.07) is 23.0. The van der Waals surface area contributed by atoms with Gasteiger partial charge in [0.2, 0.25) is 10.0 Å². The van der Waals surface area contributed by atoms with Crippen molar-refractivity contribution in [1.82, 2.24) is 19.5 Å². The van der Waals surface area contributed by atoms with E-state index in [2.05, 4.69) is 15.0 Å². The van der Waals surface area contributed by atoms with Crippen LogP contribution >= 0.6 is 0 Å². The highest BCUT2D eigenvalue weighted by molar-refractivity contribution is 7.89. The second kappa shape index (κ2) is 13.9. The van der Waals surface area contributed by atoms with Crippen LogP contribution in [-0.2, 0) is 23.1 Å². The van der Waals surface area contributed by atoms with Crippen molar-refractivity contribution in [2.75, 3.05) is 19.7 Å². The molecule has 1 saturated carbocycles. The number of hydrogen-bond acceptors (Lipinski definition) is 7. The predicted molar refractivity (Wildman–Crippen MR) is 172 cm³/mol. The number of hydrogen-bond donors (Lipinski definition) is 1. The Balaban J connectivity index is 1.05. The summed E-state index contributed by atoms with van der Waals surface area (Å²) in [5.41, 5.74) is 1.92. The van der Waals surface area contributed by atoms with E-state index in [4.69, 9.17) is 4.74 Å². The molecule has 1 N–H and O–H groups in total. The molecule has 6 rings (SSSR count). The van der Waals surface area contributed by atoms with Crippen molar-refractivity contribution >= 4 is 21.8 Å². The van der Waals surface area contributed by atoms with E-state index >= 15 is 0 Å². The minimum absolute atomic E-state index is 0.0420. The van der Waals surface area contributed by atoms with Crippen molar-refractivity contribution in [3.05, 3.63) is 120 Å². The maximum absolute atomic E-state index is 13.7. The highest BCUT2D eigenvalue weighted by Crippen LogP contribution is 2.46. The molecule has 2 fully saturated rings. The van der Waals surface area contributed by atoms with E-state index in [1.807, 2.05) is 6.92 Å². The first-order valence-electron chi connectivity index (χ1n) is 15.6. The number of piperidine rings is 1. The molecule has 0 unspecified atom stereocenters. The molecule has 3 atom stereocenters. The monoisotopic (exact) mass is 694 g/mol. The molecule has 3 aromatic carbocycles. The average molecular weight is 695 g/mol. The number of alkyl halides is 3. The number of pyridine rings is 1. The molecular weight excluding hydrogens is 661 g/mol. The van der Waals surface area contributed by atoms with Crippen LogP contribution in [0.15, 0.2) is 102 Å². The van der Waals surface area contributed by atoms with Crippen LogP contribution in [0.4, 0.5) is 13.2 Å². The third kappa shape index (κ3) is 8.03. The molecule has 1 aromatic heterocycles. The zero-order valence-electron chi connectivity index (χ0n) is 26.3. The van der Waals surface area contributed by atoms with Gasteiger partial charge >= 0.3 is 6.36 Å². The van der Waals surface area contributed by atoms with Crippen LogP contribution in [0.5, 0.6) is 11.5 Å². The minimum Gasteiger partial charge on any atom is -0.494 e. The van der Waals surface area contributed by atoms with Gasteiger partial charge in [-0.25, -0.2) is 8.42 Å². The first kappa shape index (κ1) is 33.9. The fourth-order valence-electron chi connectivity index (χ4n) is 6.01. The number of nitrogens with one attached hydrogen (secondary N) is 1. The Morgan fingerprint density at radius 2 is 1.51 bits per heavy atom. The number of aromatic nitrogens is 1. The molecule has 1 aliphatic carbocycles. The van der Waals surface area contributed by atoms with Crippen molar-refractivity contribution in [1.29, 1.82) is 0 Å². The Morgan fingerprint density at radius 1 is 0.878 bits per heavy atom. The fourth-order valence-corrected chi connectivity index (χ4v) is 7.41. The maximum Gasteiger partial charge on any atom is 0.573 e. The zero-order valence-corrected chi connectivity index (χ0v) is 27.2. The maximum atomic E-state index is 13.7. The Hall–Kier alpha value is -4.95. The van der Waals surface area contributed by atoms with Gasteiger partial charge < -0.3 is 19.7 Å². The lowest BCUT2D eigenvalue weighted by molar-refractivity contribution is -0.274. The number of ether oxygens (including phenoxy) is 2. The molecule has 10 nitrogen and oxygen atoms in total. The third-order valence-electron chi connectivity index (χ3n) is 8.53. The molecule has 1 aliphatic heterocycles. The molecule has 0 radical (unpaired) electrons. The van der Waals surface area contributed by atoms with Crippen molar-refractivity contribution in [3.8, 4) is 11.5 Å². The number of sulfonamides is 1. The summed E-state index contributed by atoms with van der Waals surface area (Å²) in [4.78, 5) is 32.0. The van der Waals surface area contributed by atoms with Crippen LogP contribution in [0.3, 0.4) is 0 Å². The molecule has 0 bridgehead atoms. The highest BCUT2D eigenvalue weighted by atomic mass is 32.2. The lowest BCUT2D eigenvalue weighted by Gasteiger charge is -2.22. The smallest absolute Gasteiger partial charge is 0.494 e. The predicted octanol–water partition coefficient (Wildman–Crippen LogP) is 5.27. The van der Waals surface area contributed by atoms with E-state index in [9.17, 15) is 31.2 Å². The largest absolute Gasteiger partial charge is 0.573 e. The number of nitrogens with zero attached hydrogens (tertiary/aromatic N) is 3.